The van der Waals surface area contributed by atoms with Crippen LogP contribution in [-0.4, -0.2) is 6.61 Å². The van der Waals surface area contributed by atoms with Gasteiger partial charge in [-0.25, -0.2) is 0 Å². The van der Waals surface area contributed by atoms with Crippen LogP contribution in [0.25, 0.3) is 0 Å². The van der Waals surface area contributed by atoms with E-state index in [1.807, 2.05) is 37.3 Å². The molecule has 1 unspecified atom stereocenters. The van der Waals surface area contributed by atoms with Gasteiger partial charge in [0.25, 0.3) is 0 Å². The Bertz CT molecular complexity index is 278. The fraction of sp³-hybridized carbons (Fsp3) is 0.250. The molecular weight excluding hydrogens is 160 g/mol. The number of allylic oxidation sites excluding steroid dienone is 1. The Morgan fingerprint density at radius 1 is 1.54 bits per heavy atom. The molecular formula is C12H15O. The van der Waals surface area contributed by atoms with E-state index in [9.17, 15) is 0 Å². The first-order valence-corrected chi connectivity index (χ1v) is 4.46. The fourth-order valence-electron chi connectivity index (χ4n) is 1.14. The summed E-state index contributed by atoms with van der Waals surface area (Å²) in [5, 5.41) is 0. The van der Waals surface area contributed by atoms with Crippen LogP contribution in [0.5, 0.6) is 5.75 Å². The summed E-state index contributed by atoms with van der Waals surface area (Å²) in [6.07, 6.45) is 1.82. The smallest absolute Gasteiger partial charge is 0.119 e. The van der Waals surface area contributed by atoms with E-state index in [1.165, 1.54) is 0 Å². The van der Waals surface area contributed by atoms with Crippen molar-refractivity contribution in [3.8, 4) is 5.75 Å². The molecule has 0 amide bonds. The van der Waals surface area contributed by atoms with E-state index in [0.717, 1.165) is 11.3 Å². The maximum Gasteiger partial charge on any atom is 0.119 e. The molecule has 0 fully saturated rings. The molecule has 69 valence electrons. The number of rotatable bonds is 4. The third-order valence-electron chi connectivity index (χ3n) is 1.88. The molecule has 1 rings (SSSR count). The van der Waals surface area contributed by atoms with Crippen LogP contribution in [-0.2, 0) is 0 Å². The van der Waals surface area contributed by atoms with Crippen LogP contribution in [0.3, 0.4) is 0 Å². The minimum Gasteiger partial charge on any atom is -0.494 e. The molecule has 1 radical (unpaired) electrons. The van der Waals surface area contributed by atoms with Crippen LogP contribution in [0.1, 0.15) is 18.4 Å². The van der Waals surface area contributed by atoms with Gasteiger partial charge in [0.1, 0.15) is 5.75 Å². The number of hydrogen-bond acceptors (Lipinski definition) is 1. The molecule has 0 N–H and O–H groups in total. The molecule has 1 aromatic rings. The molecule has 1 aromatic carbocycles. The molecule has 0 heterocycles. The number of ether oxygens (including phenoxy) is 1. The Kier molecular flexibility index (Phi) is 3.56. The van der Waals surface area contributed by atoms with Gasteiger partial charge in [-0.2, -0.15) is 0 Å². The number of hydrogen-bond donors (Lipinski definition) is 0. The second-order valence-corrected chi connectivity index (χ2v) is 2.85. The predicted molar refractivity (Wildman–Crippen MR) is 55.9 cm³/mol. The normalized spacial score (nSPS) is 12.2. The molecule has 1 heteroatoms. The highest BCUT2D eigenvalue weighted by Gasteiger charge is 2.01. The highest BCUT2D eigenvalue weighted by molar-refractivity contribution is 5.33. The van der Waals surface area contributed by atoms with Gasteiger partial charge in [0, 0.05) is 5.92 Å². The summed E-state index contributed by atoms with van der Waals surface area (Å²) >= 11 is 0. The molecule has 0 spiro atoms. The van der Waals surface area contributed by atoms with Crippen LogP contribution in [0.2, 0.25) is 0 Å². The van der Waals surface area contributed by atoms with Crippen LogP contribution >= 0.6 is 0 Å². The predicted octanol–water partition coefficient (Wildman–Crippen LogP) is 3.19. The van der Waals surface area contributed by atoms with Crippen LogP contribution in [0.4, 0.5) is 0 Å². The molecule has 0 aliphatic rings. The lowest BCUT2D eigenvalue weighted by Gasteiger charge is -2.08. The summed E-state index contributed by atoms with van der Waals surface area (Å²) < 4.78 is 5.38. The minimum absolute atomic E-state index is 0.139. The molecule has 0 aromatic heterocycles. The second-order valence-electron chi connectivity index (χ2n) is 2.85. The Morgan fingerprint density at radius 3 is 2.92 bits per heavy atom. The van der Waals surface area contributed by atoms with Gasteiger partial charge >= 0.3 is 0 Å². The van der Waals surface area contributed by atoms with Gasteiger partial charge < -0.3 is 4.74 Å². The molecule has 1 nitrogen and oxygen atoms in total. The van der Waals surface area contributed by atoms with Gasteiger partial charge in [-0.05, 0) is 31.5 Å². The largest absolute Gasteiger partial charge is 0.494 e. The van der Waals surface area contributed by atoms with Crippen molar-refractivity contribution in [1.82, 2.24) is 0 Å². The third-order valence-corrected chi connectivity index (χ3v) is 1.88. The quantitative estimate of drug-likeness (QED) is 0.638. The maximum atomic E-state index is 5.38. The SMILES string of the molecule is [CH2]C(C=C)c1cccc(OCC)c1. The maximum absolute atomic E-state index is 5.38. The van der Waals surface area contributed by atoms with E-state index < -0.39 is 0 Å². The molecule has 0 saturated carbocycles. The van der Waals surface area contributed by atoms with Crippen molar-refractivity contribution in [3.05, 3.63) is 49.4 Å². The van der Waals surface area contributed by atoms with Crippen LogP contribution in [0, 0.1) is 6.92 Å². The summed E-state index contributed by atoms with van der Waals surface area (Å²) in [5.41, 5.74) is 1.14. The highest BCUT2D eigenvalue weighted by Crippen LogP contribution is 2.20. The zero-order chi connectivity index (χ0) is 9.68. The van der Waals surface area contributed by atoms with Crippen molar-refractivity contribution >= 4 is 0 Å². The summed E-state index contributed by atoms with van der Waals surface area (Å²) in [4.78, 5) is 0. The number of benzene rings is 1. The molecule has 0 aliphatic carbocycles. The van der Waals surface area contributed by atoms with Crippen LogP contribution < -0.4 is 4.74 Å². The van der Waals surface area contributed by atoms with Gasteiger partial charge in [0.05, 0.1) is 6.61 Å². The average Bonchev–Trinajstić information content (AvgIpc) is 2.18. The summed E-state index contributed by atoms with van der Waals surface area (Å²) in [7, 11) is 0. The summed E-state index contributed by atoms with van der Waals surface area (Å²) in [6.45, 7) is 10.3. The lowest BCUT2D eigenvalue weighted by atomic mass is 10.0. The van der Waals surface area contributed by atoms with Crippen molar-refractivity contribution in [1.29, 1.82) is 0 Å². The molecule has 1 atom stereocenters. The third kappa shape index (κ3) is 2.62. The van der Waals surface area contributed by atoms with Gasteiger partial charge in [-0.1, -0.05) is 18.2 Å². The summed E-state index contributed by atoms with van der Waals surface area (Å²) in [5.74, 6) is 1.04. The lowest BCUT2D eigenvalue weighted by Crippen LogP contribution is -1.94. The highest BCUT2D eigenvalue weighted by atomic mass is 16.5. The van der Waals surface area contributed by atoms with Crippen molar-refractivity contribution in [3.63, 3.8) is 0 Å². The lowest BCUT2D eigenvalue weighted by molar-refractivity contribution is 0.340. The zero-order valence-electron chi connectivity index (χ0n) is 7.99. The Morgan fingerprint density at radius 2 is 2.31 bits per heavy atom. The monoisotopic (exact) mass is 175 g/mol. The van der Waals surface area contributed by atoms with Crippen molar-refractivity contribution < 1.29 is 4.74 Å². The molecule has 0 aliphatic heterocycles. The Balaban J connectivity index is 2.84. The van der Waals surface area contributed by atoms with Crippen molar-refractivity contribution in [2.45, 2.75) is 12.8 Å². The first-order chi connectivity index (χ1) is 6.27. The van der Waals surface area contributed by atoms with Gasteiger partial charge in [0.15, 0.2) is 0 Å². The van der Waals surface area contributed by atoms with E-state index >= 15 is 0 Å². The van der Waals surface area contributed by atoms with Gasteiger partial charge in [-0.3, -0.25) is 0 Å². The molecule has 0 bridgehead atoms. The molecule has 13 heavy (non-hydrogen) atoms. The van der Waals surface area contributed by atoms with Crippen molar-refractivity contribution in [2.24, 2.45) is 0 Å². The van der Waals surface area contributed by atoms with Crippen molar-refractivity contribution in [2.75, 3.05) is 6.61 Å². The second kappa shape index (κ2) is 4.70. The Hall–Kier alpha value is -1.24. The van der Waals surface area contributed by atoms with E-state index in [0.29, 0.717) is 6.61 Å². The average molecular weight is 175 g/mol. The van der Waals surface area contributed by atoms with Gasteiger partial charge in [0.2, 0.25) is 0 Å². The summed E-state index contributed by atoms with van der Waals surface area (Å²) in [6, 6.07) is 7.95. The topological polar surface area (TPSA) is 9.23 Å². The Labute approximate surface area is 80.0 Å². The van der Waals surface area contributed by atoms with E-state index in [-0.39, 0.29) is 5.92 Å². The van der Waals surface area contributed by atoms with E-state index in [1.54, 1.807) is 0 Å². The zero-order valence-corrected chi connectivity index (χ0v) is 7.99. The van der Waals surface area contributed by atoms with E-state index in [2.05, 4.69) is 13.5 Å². The minimum atomic E-state index is 0.139. The van der Waals surface area contributed by atoms with E-state index in [4.69, 9.17) is 4.74 Å². The fourth-order valence-corrected chi connectivity index (χ4v) is 1.14. The van der Waals surface area contributed by atoms with Crippen LogP contribution in [0.15, 0.2) is 36.9 Å². The molecule has 0 saturated heterocycles. The first-order valence-electron chi connectivity index (χ1n) is 4.46. The van der Waals surface area contributed by atoms with Gasteiger partial charge in [-0.15, -0.1) is 6.58 Å². The first kappa shape index (κ1) is 9.85. The standard InChI is InChI=1S/C12H15O/c1-4-10(3)11-7-6-8-12(9-11)13-5-2/h4,6-10H,1,3,5H2,2H3.